The molecule has 0 spiro atoms. The Bertz CT molecular complexity index is 906. The standard InChI is InChI=1S/C18H20N4O3S2/c1-12-10-26-17(19-12)21-16(24)11-27-18-20-14(9-23)8-22(18)7-13-3-5-15(25-2)6-4-13/h3-6,8,10,23H,7,9,11H2,1-2H3,(H,19,21,24). The summed E-state index contributed by atoms with van der Waals surface area (Å²) in [7, 11) is 1.63. The van der Waals surface area contributed by atoms with Gasteiger partial charge in [0, 0.05) is 18.1 Å². The lowest BCUT2D eigenvalue weighted by Crippen LogP contribution is -2.14. The minimum atomic E-state index is -0.145. The number of thioether (sulfide) groups is 1. The van der Waals surface area contributed by atoms with Crippen molar-refractivity contribution in [3.8, 4) is 5.75 Å². The van der Waals surface area contributed by atoms with Crippen LogP contribution in [0.2, 0.25) is 0 Å². The van der Waals surface area contributed by atoms with Crippen molar-refractivity contribution in [1.82, 2.24) is 14.5 Å². The first-order valence-corrected chi connectivity index (χ1v) is 10.1. The molecule has 9 heteroatoms. The van der Waals surface area contributed by atoms with Gasteiger partial charge in [-0.3, -0.25) is 4.79 Å². The van der Waals surface area contributed by atoms with Crippen molar-refractivity contribution in [1.29, 1.82) is 0 Å². The molecule has 142 valence electrons. The Morgan fingerprint density at radius 3 is 2.74 bits per heavy atom. The number of carbonyl (C=O) groups is 1. The predicted octanol–water partition coefficient (Wildman–Crippen LogP) is 2.93. The quantitative estimate of drug-likeness (QED) is 0.561. The van der Waals surface area contributed by atoms with Crippen molar-refractivity contribution < 1.29 is 14.6 Å². The lowest BCUT2D eigenvalue weighted by molar-refractivity contribution is -0.113. The molecule has 0 unspecified atom stereocenters. The van der Waals surface area contributed by atoms with Gasteiger partial charge in [-0.15, -0.1) is 11.3 Å². The zero-order valence-corrected chi connectivity index (χ0v) is 16.6. The van der Waals surface area contributed by atoms with Crippen molar-refractivity contribution in [2.75, 3.05) is 18.2 Å². The number of anilines is 1. The van der Waals surface area contributed by atoms with Gasteiger partial charge in [0.1, 0.15) is 5.75 Å². The highest BCUT2D eigenvalue weighted by Crippen LogP contribution is 2.21. The first-order chi connectivity index (χ1) is 13.1. The summed E-state index contributed by atoms with van der Waals surface area (Å²) in [5, 5.41) is 15.3. The van der Waals surface area contributed by atoms with E-state index in [-0.39, 0.29) is 18.3 Å². The molecule has 0 fully saturated rings. The number of nitrogens with one attached hydrogen (secondary N) is 1. The number of rotatable bonds is 8. The Morgan fingerprint density at radius 2 is 2.11 bits per heavy atom. The number of aromatic nitrogens is 3. The van der Waals surface area contributed by atoms with Crippen molar-refractivity contribution >= 4 is 34.1 Å². The van der Waals surface area contributed by atoms with E-state index >= 15 is 0 Å². The van der Waals surface area contributed by atoms with Gasteiger partial charge in [-0.1, -0.05) is 23.9 Å². The molecule has 3 rings (SSSR count). The normalized spacial score (nSPS) is 10.8. The highest BCUT2D eigenvalue weighted by Gasteiger charge is 2.12. The smallest absolute Gasteiger partial charge is 0.236 e. The molecule has 0 radical (unpaired) electrons. The van der Waals surface area contributed by atoms with E-state index in [2.05, 4.69) is 15.3 Å². The van der Waals surface area contributed by atoms with E-state index in [0.717, 1.165) is 17.0 Å². The van der Waals surface area contributed by atoms with Crippen LogP contribution in [0.25, 0.3) is 0 Å². The fourth-order valence-corrected chi connectivity index (χ4v) is 3.88. The van der Waals surface area contributed by atoms with E-state index < -0.39 is 0 Å². The Labute approximate surface area is 165 Å². The van der Waals surface area contributed by atoms with Gasteiger partial charge in [0.05, 0.1) is 30.9 Å². The molecule has 0 atom stereocenters. The number of hydrogen-bond acceptors (Lipinski definition) is 7. The van der Waals surface area contributed by atoms with Crippen molar-refractivity contribution in [2.24, 2.45) is 0 Å². The average molecular weight is 405 g/mol. The molecular weight excluding hydrogens is 384 g/mol. The second kappa shape index (κ2) is 9.03. The molecule has 2 heterocycles. The fourth-order valence-electron chi connectivity index (χ4n) is 2.38. The van der Waals surface area contributed by atoms with Gasteiger partial charge in [-0.05, 0) is 24.6 Å². The second-order valence-corrected chi connectivity index (χ2v) is 7.58. The van der Waals surface area contributed by atoms with Gasteiger partial charge in [0.2, 0.25) is 5.91 Å². The van der Waals surface area contributed by atoms with Crippen LogP contribution in [0.3, 0.4) is 0 Å². The van der Waals surface area contributed by atoms with Crippen LogP contribution < -0.4 is 10.1 Å². The Kier molecular flexibility index (Phi) is 6.49. The first kappa shape index (κ1) is 19.4. The monoisotopic (exact) mass is 404 g/mol. The Hall–Kier alpha value is -2.36. The number of aliphatic hydroxyl groups is 1. The lowest BCUT2D eigenvalue weighted by atomic mass is 10.2. The number of hydrogen-bond donors (Lipinski definition) is 2. The number of thiazole rings is 1. The molecule has 0 bridgehead atoms. The summed E-state index contributed by atoms with van der Waals surface area (Å²) >= 11 is 2.72. The number of imidazole rings is 1. The van der Waals surface area contributed by atoms with Crippen LogP contribution in [0, 0.1) is 6.92 Å². The maximum Gasteiger partial charge on any atom is 0.236 e. The molecule has 0 aliphatic heterocycles. The number of amides is 1. The highest BCUT2D eigenvalue weighted by atomic mass is 32.2. The summed E-state index contributed by atoms with van der Waals surface area (Å²) in [5.41, 5.74) is 2.52. The van der Waals surface area contributed by atoms with Crippen molar-refractivity contribution in [3.05, 3.63) is 52.8 Å². The molecule has 1 amide bonds. The van der Waals surface area contributed by atoms with Gasteiger partial charge in [-0.25, -0.2) is 9.97 Å². The molecule has 7 nitrogen and oxygen atoms in total. The SMILES string of the molecule is COc1ccc(Cn2cc(CO)nc2SCC(=O)Nc2nc(C)cs2)cc1. The van der Waals surface area contributed by atoms with Crippen LogP contribution in [0.15, 0.2) is 41.0 Å². The van der Waals surface area contributed by atoms with Crippen molar-refractivity contribution in [3.63, 3.8) is 0 Å². The van der Waals surface area contributed by atoms with Crippen LogP contribution >= 0.6 is 23.1 Å². The van der Waals surface area contributed by atoms with Gasteiger partial charge in [-0.2, -0.15) is 0 Å². The molecular formula is C18H20N4O3S2. The molecule has 2 aromatic heterocycles. The fraction of sp³-hybridized carbons (Fsp3) is 0.278. The van der Waals surface area contributed by atoms with Gasteiger partial charge in [0.25, 0.3) is 0 Å². The lowest BCUT2D eigenvalue weighted by Gasteiger charge is -2.08. The number of benzene rings is 1. The van der Waals surface area contributed by atoms with E-state index in [1.54, 1.807) is 13.3 Å². The number of carbonyl (C=O) groups excluding carboxylic acids is 1. The predicted molar refractivity (Wildman–Crippen MR) is 106 cm³/mol. The van der Waals surface area contributed by atoms with E-state index in [4.69, 9.17) is 4.74 Å². The first-order valence-electron chi connectivity index (χ1n) is 8.22. The Morgan fingerprint density at radius 1 is 1.33 bits per heavy atom. The zero-order chi connectivity index (χ0) is 19.2. The van der Waals surface area contributed by atoms with E-state index in [9.17, 15) is 9.90 Å². The summed E-state index contributed by atoms with van der Waals surface area (Å²) < 4.78 is 7.10. The Balaban J connectivity index is 1.65. The second-order valence-electron chi connectivity index (χ2n) is 5.78. The van der Waals surface area contributed by atoms with Crippen LogP contribution in [0.5, 0.6) is 5.75 Å². The number of aryl methyl sites for hydroxylation is 1. The number of methoxy groups -OCH3 is 1. The minimum absolute atomic E-state index is 0.140. The zero-order valence-electron chi connectivity index (χ0n) is 15.0. The van der Waals surface area contributed by atoms with Crippen molar-refractivity contribution in [2.45, 2.75) is 25.2 Å². The molecule has 0 aliphatic carbocycles. The van der Waals surface area contributed by atoms with Crippen LogP contribution in [-0.4, -0.2) is 38.4 Å². The average Bonchev–Trinajstić information content (AvgIpc) is 3.26. The molecule has 27 heavy (non-hydrogen) atoms. The molecule has 0 saturated heterocycles. The molecule has 0 saturated carbocycles. The maximum absolute atomic E-state index is 12.1. The van der Waals surface area contributed by atoms with Crippen LogP contribution in [0.4, 0.5) is 5.13 Å². The third-order valence-corrected chi connectivity index (χ3v) is 5.53. The van der Waals surface area contributed by atoms with Gasteiger partial charge in [0.15, 0.2) is 10.3 Å². The summed E-state index contributed by atoms with van der Waals surface area (Å²) in [6.07, 6.45) is 1.80. The van der Waals surface area contributed by atoms with Crippen LogP contribution in [0.1, 0.15) is 17.0 Å². The summed E-state index contributed by atoms with van der Waals surface area (Å²) in [6.45, 7) is 2.33. The maximum atomic E-state index is 12.1. The largest absolute Gasteiger partial charge is 0.497 e. The highest BCUT2D eigenvalue weighted by molar-refractivity contribution is 7.99. The van der Waals surface area contributed by atoms with Crippen LogP contribution in [-0.2, 0) is 17.9 Å². The van der Waals surface area contributed by atoms with Gasteiger partial charge < -0.3 is 19.7 Å². The summed E-state index contributed by atoms with van der Waals surface area (Å²) in [4.78, 5) is 20.8. The number of aliphatic hydroxyl groups excluding tert-OH is 1. The minimum Gasteiger partial charge on any atom is -0.497 e. The third kappa shape index (κ3) is 5.31. The molecule has 0 aliphatic rings. The third-order valence-electron chi connectivity index (χ3n) is 3.66. The van der Waals surface area contributed by atoms with Gasteiger partial charge >= 0.3 is 0 Å². The number of ether oxygens (including phenoxy) is 1. The molecule has 1 aromatic carbocycles. The van der Waals surface area contributed by atoms with E-state index in [1.807, 2.05) is 41.1 Å². The summed E-state index contributed by atoms with van der Waals surface area (Å²) in [6, 6.07) is 7.75. The van der Waals surface area contributed by atoms with E-state index in [1.165, 1.54) is 23.1 Å². The van der Waals surface area contributed by atoms with E-state index in [0.29, 0.717) is 22.5 Å². The number of nitrogens with zero attached hydrogens (tertiary/aromatic N) is 3. The summed E-state index contributed by atoms with van der Waals surface area (Å²) in [5.74, 6) is 0.867. The molecule has 3 aromatic rings. The topological polar surface area (TPSA) is 89.3 Å². The molecule has 2 N–H and O–H groups in total.